The van der Waals surface area contributed by atoms with Gasteiger partial charge in [-0.15, -0.1) is 0 Å². The van der Waals surface area contributed by atoms with Crippen molar-refractivity contribution in [2.45, 2.75) is 130 Å². The first kappa shape index (κ1) is 50.7. The molecule has 7 atom stereocenters. The van der Waals surface area contributed by atoms with E-state index in [-0.39, 0.29) is 43.1 Å². The van der Waals surface area contributed by atoms with Crippen molar-refractivity contribution >= 4 is 52.6 Å². The molecule has 0 aliphatic rings. The van der Waals surface area contributed by atoms with Gasteiger partial charge in [0.2, 0.25) is 35.4 Å². The molecule has 1 heterocycles. The first-order valence-corrected chi connectivity index (χ1v) is 21.7. The molecule has 0 aliphatic carbocycles. The summed E-state index contributed by atoms with van der Waals surface area (Å²) in [4.78, 5) is 97.3. The van der Waals surface area contributed by atoms with E-state index in [9.17, 15) is 33.6 Å². The third-order valence-corrected chi connectivity index (χ3v) is 10.8. The van der Waals surface area contributed by atoms with Gasteiger partial charge in [-0.1, -0.05) is 96.5 Å². The summed E-state index contributed by atoms with van der Waals surface area (Å²) in [5, 5.41) is 17.3. The number of unbranched alkanes of at least 4 members (excludes halogenated alkanes) is 1. The van der Waals surface area contributed by atoms with E-state index < -0.39 is 71.7 Å². The van der Waals surface area contributed by atoms with Crippen LogP contribution in [0.1, 0.15) is 91.7 Å². The first-order valence-electron chi connectivity index (χ1n) is 21.7. The second kappa shape index (κ2) is 25.4. The minimum atomic E-state index is -1.22. The number of aromatic nitrogens is 1. The highest BCUT2D eigenvalue weighted by atomic mass is 16.2. The van der Waals surface area contributed by atoms with Gasteiger partial charge in [-0.05, 0) is 80.5 Å². The molecule has 0 bridgehead atoms. The Kier molecular flexibility index (Phi) is 20.8. The van der Waals surface area contributed by atoms with Crippen LogP contribution in [0.15, 0.2) is 60.8 Å². The molecule has 0 unspecified atom stereocenters. The maximum absolute atomic E-state index is 14.3. The van der Waals surface area contributed by atoms with Crippen molar-refractivity contribution in [1.82, 2.24) is 36.9 Å². The van der Waals surface area contributed by atoms with Gasteiger partial charge in [-0.2, -0.15) is 0 Å². The highest BCUT2D eigenvalue weighted by Crippen LogP contribution is 2.20. The Balaban J connectivity index is 1.82. The fourth-order valence-corrected chi connectivity index (χ4v) is 6.93. The molecular weight excluding hydrogens is 791 g/mol. The number of carbonyl (C=O) groups is 7. The third kappa shape index (κ3) is 15.7. The molecule has 6 amide bonds. The Hall–Kier alpha value is -5.61. The summed E-state index contributed by atoms with van der Waals surface area (Å²) in [5.74, 6) is -4.38. The first-order chi connectivity index (χ1) is 29.5. The summed E-state index contributed by atoms with van der Waals surface area (Å²) in [5.41, 5.74) is 14.2. The summed E-state index contributed by atoms with van der Waals surface area (Å²) >= 11 is 0. The largest absolute Gasteiger partial charge is 0.361 e. The normalized spacial score (nSPS) is 14.8. The van der Waals surface area contributed by atoms with Crippen molar-refractivity contribution in [2.24, 2.45) is 29.2 Å². The molecule has 16 nitrogen and oxygen atoms in total. The zero-order valence-electron chi connectivity index (χ0n) is 37.2. The molecule has 1 radical (unpaired) electrons. The van der Waals surface area contributed by atoms with Gasteiger partial charge in [0.25, 0.3) is 0 Å². The maximum atomic E-state index is 14.3. The molecular formula is C46H68N9O7. The highest BCUT2D eigenvalue weighted by Gasteiger charge is 2.34. The van der Waals surface area contributed by atoms with Crippen molar-refractivity contribution in [3.8, 4) is 0 Å². The van der Waals surface area contributed by atoms with Crippen LogP contribution in [0.2, 0.25) is 0 Å². The van der Waals surface area contributed by atoms with Gasteiger partial charge in [0, 0.05) is 23.5 Å². The van der Waals surface area contributed by atoms with E-state index in [4.69, 9.17) is 11.5 Å². The fraction of sp³-hybridized carbons (Fsp3) is 0.522. The van der Waals surface area contributed by atoms with E-state index in [0.717, 1.165) is 22.0 Å². The maximum Gasteiger partial charge on any atom is 0.243 e. The standard InChI is InChI=1S/C46H68N9O7/c1-8-29(6)40(55-42(58)35(48)23-31-16-10-9-11-17-31)46(62)50-30(7)41(57)52-38(24-32-25-49-36-20-13-12-19-34(32)36)43(59)53-37(22-27(2)3)44(60)54-39(28(4)5)45(61)51-33(26-56)18-14-15-21-47/h9-13,16-17,19-20,25-30,35,37-40,49H,8,14-15,18,21-24,47-48H2,1-7H3,(H,50,62)(H,51,61)(H,52,57)(H,53,59)(H,54,60)(H,55,58)/t29-,30-,35-,37-,38-,39-,40-/m0/s1. The monoisotopic (exact) mass is 859 g/mol. The number of benzene rings is 2. The zero-order chi connectivity index (χ0) is 45.9. The van der Waals surface area contributed by atoms with E-state index in [2.05, 4.69) is 36.9 Å². The van der Waals surface area contributed by atoms with Crippen molar-refractivity contribution in [3.05, 3.63) is 78.0 Å². The second-order valence-electron chi connectivity index (χ2n) is 16.8. The Morgan fingerprint density at radius 2 is 1.32 bits per heavy atom. The van der Waals surface area contributed by atoms with Crippen molar-refractivity contribution in [2.75, 3.05) is 6.54 Å². The third-order valence-electron chi connectivity index (χ3n) is 10.8. The van der Waals surface area contributed by atoms with E-state index in [0.29, 0.717) is 38.5 Å². The summed E-state index contributed by atoms with van der Waals surface area (Å²) in [6, 6.07) is 10.5. The van der Waals surface area contributed by atoms with Gasteiger partial charge < -0.3 is 53.1 Å². The number of aromatic amines is 1. The molecule has 0 saturated heterocycles. The number of aldehydes is 1. The van der Waals surface area contributed by atoms with Gasteiger partial charge in [-0.3, -0.25) is 28.8 Å². The van der Waals surface area contributed by atoms with Crippen LogP contribution in [-0.2, 0) is 46.4 Å². The lowest BCUT2D eigenvalue weighted by atomic mass is 9.97. The van der Waals surface area contributed by atoms with Gasteiger partial charge in [0.15, 0.2) is 0 Å². The number of hydrogen-bond donors (Lipinski definition) is 9. The average molecular weight is 859 g/mol. The number of carbonyl (C=O) groups excluding carboxylic acids is 7. The van der Waals surface area contributed by atoms with Crippen LogP contribution in [0.4, 0.5) is 0 Å². The van der Waals surface area contributed by atoms with Crippen molar-refractivity contribution in [3.63, 3.8) is 0 Å². The van der Waals surface area contributed by atoms with Gasteiger partial charge in [-0.25, -0.2) is 0 Å². The predicted octanol–water partition coefficient (Wildman–Crippen LogP) is 2.45. The Morgan fingerprint density at radius 1 is 0.694 bits per heavy atom. The molecule has 0 aliphatic heterocycles. The summed E-state index contributed by atoms with van der Waals surface area (Å²) < 4.78 is 0. The van der Waals surface area contributed by atoms with E-state index in [1.165, 1.54) is 6.92 Å². The lowest BCUT2D eigenvalue weighted by Gasteiger charge is -2.29. The zero-order valence-corrected chi connectivity index (χ0v) is 37.2. The molecule has 62 heavy (non-hydrogen) atoms. The Labute approximate surface area is 365 Å². The van der Waals surface area contributed by atoms with Gasteiger partial charge >= 0.3 is 0 Å². The number of rotatable bonds is 26. The molecule has 11 N–H and O–H groups in total. The molecule has 3 rings (SSSR count). The van der Waals surface area contributed by atoms with Crippen molar-refractivity contribution in [1.29, 1.82) is 0 Å². The molecule has 16 heteroatoms. The SMILES string of the molecule is CC[C@H](C)[C@H](NC(=O)[C@@H](N)Cc1ccccc1)C(=O)N[C@@H](C)C(=O)N[C@@H](Cc1c[nH]c2ccccc12)C(=O)N[C@@H](CC(C)C)C(=O)N[C@H](C(=O)N[C](C=O)CCCCN)C(C)C. The molecule has 1 aromatic heterocycles. The van der Waals surface area contributed by atoms with Crippen LogP contribution in [0, 0.1) is 23.8 Å². The number of hydrogen-bond acceptors (Lipinski definition) is 9. The second-order valence-corrected chi connectivity index (χ2v) is 16.8. The Bertz CT molecular complexity index is 1940. The molecule has 0 saturated carbocycles. The highest BCUT2D eigenvalue weighted by molar-refractivity contribution is 5.97. The van der Waals surface area contributed by atoms with E-state index in [1.807, 2.05) is 82.3 Å². The van der Waals surface area contributed by atoms with Crippen LogP contribution < -0.4 is 43.4 Å². The van der Waals surface area contributed by atoms with E-state index >= 15 is 0 Å². The van der Waals surface area contributed by atoms with Crippen LogP contribution >= 0.6 is 0 Å². The molecule has 339 valence electrons. The predicted molar refractivity (Wildman–Crippen MR) is 240 cm³/mol. The smallest absolute Gasteiger partial charge is 0.243 e. The number of para-hydroxylation sites is 1. The summed E-state index contributed by atoms with van der Waals surface area (Å²) in [7, 11) is 0. The minimum absolute atomic E-state index is 0.0224. The molecule has 0 fully saturated rings. The number of fused-ring (bicyclic) bond motifs is 1. The number of H-pyrrole nitrogens is 1. The molecule has 3 aromatic rings. The molecule has 0 spiro atoms. The van der Waals surface area contributed by atoms with Gasteiger partial charge in [0.1, 0.15) is 42.5 Å². The van der Waals surface area contributed by atoms with Crippen LogP contribution in [-0.4, -0.2) is 89.5 Å². The molecule has 2 aromatic carbocycles. The lowest BCUT2D eigenvalue weighted by molar-refractivity contribution is -0.135. The Morgan fingerprint density at radius 3 is 1.95 bits per heavy atom. The van der Waals surface area contributed by atoms with Gasteiger partial charge in [0.05, 0.1) is 6.04 Å². The lowest BCUT2D eigenvalue weighted by Crippen LogP contribution is -2.60. The number of amides is 6. The summed E-state index contributed by atoms with van der Waals surface area (Å²) in [6.07, 6.45) is 4.96. The quantitative estimate of drug-likeness (QED) is 0.0424. The minimum Gasteiger partial charge on any atom is -0.361 e. The van der Waals surface area contributed by atoms with Crippen LogP contribution in [0.3, 0.4) is 0 Å². The van der Waals surface area contributed by atoms with E-state index in [1.54, 1.807) is 20.0 Å². The number of nitrogens with two attached hydrogens (primary N) is 2. The average Bonchev–Trinajstić information content (AvgIpc) is 3.65. The number of nitrogens with one attached hydrogen (secondary N) is 7. The topological polar surface area (TPSA) is 259 Å². The van der Waals surface area contributed by atoms with Crippen molar-refractivity contribution < 1.29 is 33.6 Å². The summed E-state index contributed by atoms with van der Waals surface area (Å²) in [6.45, 7) is 12.9. The van der Waals surface area contributed by atoms with Crippen LogP contribution in [0.5, 0.6) is 0 Å². The fourth-order valence-electron chi connectivity index (χ4n) is 6.93. The van der Waals surface area contributed by atoms with Crippen LogP contribution in [0.25, 0.3) is 10.9 Å².